The highest BCUT2D eigenvalue weighted by Gasteiger charge is 2.09. The minimum absolute atomic E-state index is 0.284. The van der Waals surface area contributed by atoms with Gasteiger partial charge >= 0.3 is 5.97 Å². The smallest absolute Gasteiger partial charge is 0.356 e. The molecule has 0 aliphatic rings. The Morgan fingerprint density at radius 1 is 1.21 bits per heavy atom. The number of nitrogens with two attached hydrogens (primary N) is 1. The van der Waals surface area contributed by atoms with Crippen LogP contribution < -0.4 is 11.1 Å². The van der Waals surface area contributed by atoms with Gasteiger partial charge in [-0.15, -0.1) is 0 Å². The van der Waals surface area contributed by atoms with Crippen molar-refractivity contribution in [2.24, 2.45) is 0 Å². The fraction of sp³-hybridized carbons (Fsp3) is 0.143. The van der Waals surface area contributed by atoms with Crippen molar-refractivity contribution >= 4 is 23.0 Å². The van der Waals surface area contributed by atoms with Crippen LogP contribution in [0.25, 0.3) is 0 Å². The maximum absolute atomic E-state index is 11.4. The molecule has 2 aromatic rings. The second-order valence-corrected chi connectivity index (χ2v) is 4.03. The molecule has 0 atom stereocenters. The monoisotopic (exact) mass is 257 g/mol. The second kappa shape index (κ2) is 5.39. The van der Waals surface area contributed by atoms with Gasteiger partial charge in [0.2, 0.25) is 0 Å². The summed E-state index contributed by atoms with van der Waals surface area (Å²) in [6, 6.07) is 10.8. The summed E-state index contributed by atoms with van der Waals surface area (Å²) in [4.78, 5) is 15.6. The van der Waals surface area contributed by atoms with Crippen molar-refractivity contribution in [2.75, 3.05) is 18.2 Å². The number of nitrogens with zero attached hydrogens (tertiary/aromatic N) is 1. The predicted octanol–water partition coefficient (Wildman–Crippen LogP) is 2.50. The van der Waals surface area contributed by atoms with Gasteiger partial charge in [0.05, 0.1) is 29.9 Å². The fourth-order valence-corrected chi connectivity index (χ4v) is 1.67. The second-order valence-electron chi connectivity index (χ2n) is 4.03. The molecular weight excluding hydrogens is 242 g/mol. The highest BCUT2D eigenvalue weighted by molar-refractivity contribution is 5.87. The van der Waals surface area contributed by atoms with Crippen molar-refractivity contribution in [3.05, 3.63) is 47.8 Å². The summed E-state index contributed by atoms with van der Waals surface area (Å²) >= 11 is 0. The molecule has 19 heavy (non-hydrogen) atoms. The lowest BCUT2D eigenvalue weighted by molar-refractivity contribution is 0.0594. The van der Waals surface area contributed by atoms with Crippen LogP contribution in [0.1, 0.15) is 16.2 Å². The number of rotatable bonds is 3. The standard InChI is InChI=1S/C14H15N3O2/c1-9-11(7-8-13(16-9)14(18)19-2)17-12-6-4-3-5-10(12)15/h3-8,17H,15H2,1-2H3. The van der Waals surface area contributed by atoms with Crippen molar-refractivity contribution < 1.29 is 9.53 Å². The molecule has 1 heterocycles. The number of carbonyl (C=O) groups excluding carboxylic acids is 1. The lowest BCUT2D eigenvalue weighted by Crippen LogP contribution is -2.06. The molecular formula is C14H15N3O2. The fourth-order valence-electron chi connectivity index (χ4n) is 1.67. The third-order valence-electron chi connectivity index (χ3n) is 2.71. The Morgan fingerprint density at radius 3 is 2.58 bits per heavy atom. The van der Waals surface area contributed by atoms with Gasteiger partial charge in [-0.1, -0.05) is 12.1 Å². The average molecular weight is 257 g/mol. The van der Waals surface area contributed by atoms with Gasteiger partial charge in [0.1, 0.15) is 5.69 Å². The Bertz CT molecular complexity index is 611. The van der Waals surface area contributed by atoms with Gasteiger partial charge in [-0.25, -0.2) is 9.78 Å². The quantitative estimate of drug-likeness (QED) is 0.652. The molecule has 0 fully saturated rings. The van der Waals surface area contributed by atoms with Gasteiger partial charge in [0, 0.05) is 0 Å². The van der Waals surface area contributed by atoms with E-state index >= 15 is 0 Å². The number of carbonyl (C=O) groups is 1. The van der Waals surface area contributed by atoms with Crippen LogP contribution in [0, 0.1) is 6.92 Å². The van der Waals surface area contributed by atoms with Gasteiger partial charge < -0.3 is 15.8 Å². The normalized spacial score (nSPS) is 10.0. The molecule has 2 rings (SSSR count). The molecule has 0 spiro atoms. The van der Waals surface area contributed by atoms with E-state index in [1.807, 2.05) is 31.2 Å². The molecule has 3 N–H and O–H groups in total. The third-order valence-corrected chi connectivity index (χ3v) is 2.71. The van der Waals surface area contributed by atoms with Crippen molar-refractivity contribution in [2.45, 2.75) is 6.92 Å². The number of anilines is 3. The summed E-state index contributed by atoms with van der Waals surface area (Å²) in [5.41, 5.74) is 9.10. The Hall–Kier alpha value is -2.56. The van der Waals surface area contributed by atoms with E-state index in [2.05, 4.69) is 15.0 Å². The topological polar surface area (TPSA) is 77.2 Å². The number of methoxy groups -OCH3 is 1. The Balaban J connectivity index is 2.27. The van der Waals surface area contributed by atoms with E-state index in [-0.39, 0.29) is 5.69 Å². The Morgan fingerprint density at radius 2 is 1.95 bits per heavy atom. The maximum atomic E-state index is 11.4. The van der Waals surface area contributed by atoms with Gasteiger partial charge in [-0.05, 0) is 31.2 Å². The largest absolute Gasteiger partial charge is 0.464 e. The predicted molar refractivity (Wildman–Crippen MR) is 74.5 cm³/mol. The van der Waals surface area contributed by atoms with Crippen LogP contribution in [0.2, 0.25) is 0 Å². The molecule has 0 saturated carbocycles. The number of nitrogen functional groups attached to an aromatic ring is 1. The zero-order valence-corrected chi connectivity index (χ0v) is 10.8. The molecule has 1 aromatic heterocycles. The molecule has 0 amide bonds. The molecule has 0 aliphatic heterocycles. The van der Waals surface area contributed by atoms with Crippen molar-refractivity contribution in [3.63, 3.8) is 0 Å². The zero-order valence-electron chi connectivity index (χ0n) is 10.8. The minimum Gasteiger partial charge on any atom is -0.464 e. The Kier molecular flexibility index (Phi) is 3.66. The molecule has 1 aromatic carbocycles. The first-order valence-electron chi connectivity index (χ1n) is 5.79. The number of pyridine rings is 1. The van der Waals surface area contributed by atoms with Crippen LogP contribution in [0.5, 0.6) is 0 Å². The molecule has 0 saturated heterocycles. The van der Waals surface area contributed by atoms with E-state index in [1.165, 1.54) is 7.11 Å². The van der Waals surface area contributed by atoms with E-state index in [1.54, 1.807) is 12.1 Å². The number of ether oxygens (including phenoxy) is 1. The zero-order chi connectivity index (χ0) is 13.8. The number of para-hydroxylation sites is 2. The first kappa shape index (κ1) is 12.9. The average Bonchev–Trinajstić information content (AvgIpc) is 2.42. The number of aryl methyl sites for hydroxylation is 1. The minimum atomic E-state index is -0.450. The summed E-state index contributed by atoms with van der Waals surface area (Å²) in [6.07, 6.45) is 0. The van der Waals surface area contributed by atoms with E-state index in [0.717, 1.165) is 11.4 Å². The molecule has 5 nitrogen and oxygen atoms in total. The number of aromatic nitrogens is 1. The van der Waals surface area contributed by atoms with Gasteiger partial charge in [-0.3, -0.25) is 0 Å². The number of hydrogen-bond donors (Lipinski definition) is 2. The van der Waals surface area contributed by atoms with Crippen LogP contribution >= 0.6 is 0 Å². The number of esters is 1. The number of nitrogens with one attached hydrogen (secondary N) is 1. The lowest BCUT2D eigenvalue weighted by Gasteiger charge is -2.11. The van der Waals surface area contributed by atoms with Crippen LogP contribution in [0.15, 0.2) is 36.4 Å². The first-order valence-corrected chi connectivity index (χ1v) is 5.79. The van der Waals surface area contributed by atoms with E-state index < -0.39 is 5.97 Å². The maximum Gasteiger partial charge on any atom is 0.356 e. The number of benzene rings is 1. The third kappa shape index (κ3) is 2.82. The highest BCUT2D eigenvalue weighted by atomic mass is 16.5. The molecule has 0 radical (unpaired) electrons. The summed E-state index contributed by atoms with van der Waals surface area (Å²) in [5.74, 6) is -0.450. The lowest BCUT2D eigenvalue weighted by atomic mass is 10.2. The van der Waals surface area contributed by atoms with Gasteiger partial charge in [-0.2, -0.15) is 0 Å². The molecule has 0 bridgehead atoms. The number of hydrogen-bond acceptors (Lipinski definition) is 5. The first-order chi connectivity index (χ1) is 9.11. The summed E-state index contributed by atoms with van der Waals surface area (Å²) < 4.78 is 4.63. The molecule has 0 aliphatic carbocycles. The van der Waals surface area contributed by atoms with Crippen LogP contribution in [0.4, 0.5) is 17.1 Å². The summed E-state index contributed by atoms with van der Waals surface area (Å²) in [7, 11) is 1.33. The van der Waals surface area contributed by atoms with Crippen molar-refractivity contribution in [1.82, 2.24) is 4.98 Å². The summed E-state index contributed by atoms with van der Waals surface area (Å²) in [6.45, 7) is 1.81. The van der Waals surface area contributed by atoms with Crippen molar-refractivity contribution in [3.8, 4) is 0 Å². The Labute approximate surface area is 111 Å². The summed E-state index contributed by atoms with van der Waals surface area (Å²) in [5, 5.41) is 3.19. The SMILES string of the molecule is COC(=O)c1ccc(Nc2ccccc2N)c(C)n1. The molecule has 5 heteroatoms. The highest BCUT2D eigenvalue weighted by Crippen LogP contribution is 2.24. The van der Waals surface area contributed by atoms with Crippen LogP contribution in [-0.4, -0.2) is 18.1 Å². The van der Waals surface area contributed by atoms with E-state index in [4.69, 9.17) is 5.73 Å². The van der Waals surface area contributed by atoms with E-state index in [0.29, 0.717) is 11.4 Å². The van der Waals surface area contributed by atoms with E-state index in [9.17, 15) is 4.79 Å². The van der Waals surface area contributed by atoms with Crippen molar-refractivity contribution in [1.29, 1.82) is 0 Å². The van der Waals surface area contributed by atoms with Crippen LogP contribution in [-0.2, 0) is 4.74 Å². The molecule has 98 valence electrons. The van der Waals surface area contributed by atoms with Gasteiger partial charge in [0.15, 0.2) is 0 Å². The van der Waals surface area contributed by atoms with Gasteiger partial charge in [0.25, 0.3) is 0 Å². The molecule has 0 unspecified atom stereocenters. The van der Waals surface area contributed by atoms with Crippen LogP contribution in [0.3, 0.4) is 0 Å².